The summed E-state index contributed by atoms with van der Waals surface area (Å²) >= 11 is 0. The van der Waals surface area contributed by atoms with Gasteiger partial charge in [0.25, 0.3) is 0 Å². The fourth-order valence-corrected chi connectivity index (χ4v) is 6.84. The van der Waals surface area contributed by atoms with E-state index in [-0.39, 0.29) is 31.1 Å². The average molecular weight is 684 g/mol. The van der Waals surface area contributed by atoms with Crippen LogP contribution in [-0.4, -0.2) is 74.8 Å². The van der Waals surface area contributed by atoms with Crippen LogP contribution in [0, 0.1) is 0 Å². The summed E-state index contributed by atoms with van der Waals surface area (Å²) in [6.45, 7) is 6.28. The van der Waals surface area contributed by atoms with Crippen LogP contribution in [0.15, 0.2) is 0 Å². The molecule has 6 atom stereocenters. The van der Waals surface area contributed by atoms with Gasteiger partial charge in [-0.3, -0.25) is 20.2 Å². The second-order valence-corrected chi connectivity index (χ2v) is 14.7. The summed E-state index contributed by atoms with van der Waals surface area (Å²) in [7, 11) is 0. The normalized spacial score (nSPS) is 23.3. The second-order valence-electron chi connectivity index (χ2n) is 14.7. The van der Waals surface area contributed by atoms with Crippen LogP contribution in [0.2, 0.25) is 0 Å². The van der Waals surface area contributed by atoms with Crippen LogP contribution in [0.25, 0.3) is 0 Å². The molecule has 0 aromatic rings. The quantitative estimate of drug-likeness (QED) is 0.0373. The molecular weight excluding hydrogens is 606 g/mol. The van der Waals surface area contributed by atoms with Crippen LogP contribution in [-0.2, 0) is 14.3 Å². The highest BCUT2D eigenvalue weighted by Gasteiger charge is 2.56. The third-order valence-corrected chi connectivity index (χ3v) is 10.2. The van der Waals surface area contributed by atoms with Gasteiger partial charge in [-0.15, -0.1) is 0 Å². The summed E-state index contributed by atoms with van der Waals surface area (Å²) in [5, 5.41) is 32.4. The van der Waals surface area contributed by atoms with Crippen LogP contribution in [0.5, 0.6) is 0 Å². The molecular formula is C39H77N3O6. The van der Waals surface area contributed by atoms with Crippen molar-refractivity contribution in [2.45, 2.75) is 230 Å². The molecule has 1 fully saturated rings. The molecule has 7 N–H and O–H groups in total. The molecule has 1 saturated heterocycles. The predicted octanol–water partition coefficient (Wildman–Crippen LogP) is 7.40. The van der Waals surface area contributed by atoms with Crippen molar-refractivity contribution in [1.82, 2.24) is 4.90 Å². The van der Waals surface area contributed by atoms with Crippen molar-refractivity contribution >= 4 is 11.7 Å². The number of carbonyl (C=O) groups is 2. The van der Waals surface area contributed by atoms with Crippen molar-refractivity contribution < 1.29 is 29.6 Å². The molecule has 0 bridgehead atoms. The summed E-state index contributed by atoms with van der Waals surface area (Å²) in [6, 6.07) is -0.786. The molecule has 1 heterocycles. The lowest BCUT2D eigenvalue weighted by Gasteiger charge is -2.51. The Kier molecular flexibility index (Phi) is 25.8. The number of nitrogens with two attached hydrogens (primary N) is 2. The Morgan fingerprint density at radius 1 is 0.646 bits per heavy atom. The predicted molar refractivity (Wildman–Crippen MR) is 196 cm³/mol. The summed E-state index contributed by atoms with van der Waals surface area (Å²) in [4.78, 5) is 27.4. The van der Waals surface area contributed by atoms with Gasteiger partial charge in [-0.1, -0.05) is 162 Å². The first-order valence-electron chi connectivity index (χ1n) is 20.2. The van der Waals surface area contributed by atoms with Gasteiger partial charge in [0.2, 0.25) is 11.8 Å². The smallest absolute Gasteiger partial charge is 0.227 e. The lowest BCUT2D eigenvalue weighted by molar-refractivity contribution is -0.309. The maximum Gasteiger partial charge on any atom is 0.227 e. The molecule has 0 aromatic carbocycles. The highest BCUT2D eigenvalue weighted by molar-refractivity contribution is 5.83. The fourth-order valence-electron chi connectivity index (χ4n) is 6.84. The molecule has 284 valence electrons. The van der Waals surface area contributed by atoms with Crippen LogP contribution >= 0.6 is 0 Å². The van der Waals surface area contributed by atoms with Gasteiger partial charge >= 0.3 is 0 Å². The molecule has 0 spiro atoms. The van der Waals surface area contributed by atoms with Crippen molar-refractivity contribution in [3.63, 3.8) is 0 Å². The van der Waals surface area contributed by atoms with Gasteiger partial charge in [0.05, 0.1) is 12.1 Å². The second kappa shape index (κ2) is 27.6. The lowest BCUT2D eigenvalue weighted by atomic mass is 9.90. The minimum Gasteiger partial charge on any atom is -0.388 e. The summed E-state index contributed by atoms with van der Waals surface area (Å²) < 4.78 is 5.99. The Morgan fingerprint density at radius 3 is 1.42 bits per heavy atom. The number of hydrogen-bond acceptors (Lipinski definition) is 8. The van der Waals surface area contributed by atoms with E-state index in [4.69, 9.17) is 16.2 Å². The number of aliphatic hydroxyl groups is 3. The summed E-state index contributed by atoms with van der Waals surface area (Å²) in [5.41, 5.74) is 12.4. The number of amides is 1. The Balaban J connectivity index is 2.60. The van der Waals surface area contributed by atoms with Gasteiger partial charge in [-0.2, -0.15) is 0 Å². The fraction of sp³-hybridized carbons (Fsp3) is 0.949. The Morgan fingerprint density at radius 2 is 1.02 bits per heavy atom. The third kappa shape index (κ3) is 18.2. The minimum absolute atomic E-state index is 0.247. The number of nitrogens with zero attached hydrogens (tertiary/aromatic N) is 1. The number of carbonyl (C=O) groups excluding carboxylic acids is 2. The van der Waals surface area contributed by atoms with E-state index in [9.17, 15) is 24.9 Å². The van der Waals surface area contributed by atoms with Crippen LogP contribution < -0.4 is 11.5 Å². The topological polar surface area (TPSA) is 159 Å². The number of ketones is 1. The number of Topliss-reactive ketones (excluding diaryl/α,β-unsaturated/α-hetero) is 1. The number of hydrogen-bond donors (Lipinski definition) is 5. The van der Waals surface area contributed by atoms with E-state index in [1.807, 2.05) is 0 Å². The van der Waals surface area contributed by atoms with E-state index in [2.05, 4.69) is 13.8 Å². The Bertz CT molecular complexity index is 815. The first-order valence-corrected chi connectivity index (χ1v) is 20.2. The molecule has 1 aliphatic heterocycles. The molecule has 0 unspecified atom stereocenters. The van der Waals surface area contributed by atoms with E-state index >= 15 is 0 Å². The zero-order valence-corrected chi connectivity index (χ0v) is 31.4. The molecule has 0 radical (unpaired) electrons. The van der Waals surface area contributed by atoms with Gasteiger partial charge in [-0.05, 0) is 19.8 Å². The Labute approximate surface area is 294 Å². The number of rotatable bonds is 31. The standard InChI is InChI=1S/C39H77N3O6/c1-4-6-8-10-12-14-16-17-18-19-20-21-23-25-27-29-35(44)42(30-28-26-24-22-15-13-11-9-7-5-2)39(41)38(47)37(46)36(45)34(48-39)31-33(43)32(3)40/h32,34,36-38,45-47H,4-31,40-41H2,1-3H3/t32-,34+,36-,37-,38+,39-/m0/s1. The van der Waals surface area contributed by atoms with Crippen molar-refractivity contribution in [2.24, 2.45) is 11.5 Å². The zero-order valence-electron chi connectivity index (χ0n) is 31.4. The van der Waals surface area contributed by atoms with Crippen LogP contribution in [0.1, 0.15) is 194 Å². The molecule has 1 amide bonds. The maximum atomic E-state index is 13.7. The van der Waals surface area contributed by atoms with Gasteiger partial charge in [0.1, 0.15) is 18.3 Å². The van der Waals surface area contributed by atoms with Gasteiger partial charge < -0.3 is 25.8 Å². The van der Waals surface area contributed by atoms with Gasteiger partial charge in [0, 0.05) is 19.4 Å². The monoisotopic (exact) mass is 684 g/mol. The highest BCUT2D eigenvalue weighted by Crippen LogP contribution is 2.32. The van der Waals surface area contributed by atoms with Crippen LogP contribution in [0.3, 0.4) is 0 Å². The number of aliphatic hydroxyl groups excluding tert-OH is 3. The third-order valence-electron chi connectivity index (χ3n) is 10.2. The highest BCUT2D eigenvalue weighted by atomic mass is 16.6. The molecule has 0 saturated carbocycles. The summed E-state index contributed by atoms with van der Waals surface area (Å²) in [6.07, 6.45) is 23.7. The van der Waals surface area contributed by atoms with Gasteiger partial charge in [0.15, 0.2) is 5.78 Å². The van der Waals surface area contributed by atoms with Crippen LogP contribution in [0.4, 0.5) is 0 Å². The van der Waals surface area contributed by atoms with Crippen molar-refractivity contribution in [3.8, 4) is 0 Å². The lowest BCUT2D eigenvalue weighted by Crippen LogP contribution is -2.76. The van der Waals surface area contributed by atoms with Crippen molar-refractivity contribution in [1.29, 1.82) is 0 Å². The Hall–Kier alpha value is -1.10. The molecule has 9 nitrogen and oxygen atoms in total. The summed E-state index contributed by atoms with van der Waals surface area (Å²) in [5.74, 6) is -2.67. The van der Waals surface area contributed by atoms with Crippen molar-refractivity contribution in [3.05, 3.63) is 0 Å². The molecule has 48 heavy (non-hydrogen) atoms. The first kappa shape index (κ1) is 44.9. The molecule has 1 rings (SSSR count). The van der Waals surface area contributed by atoms with E-state index < -0.39 is 36.3 Å². The molecule has 1 aliphatic rings. The molecule has 9 heteroatoms. The van der Waals surface area contributed by atoms with E-state index in [0.717, 1.165) is 38.5 Å². The number of ether oxygens (including phenoxy) is 1. The first-order chi connectivity index (χ1) is 23.1. The number of unbranched alkanes of at least 4 members (excludes halogenated alkanes) is 23. The van der Waals surface area contributed by atoms with Gasteiger partial charge in [-0.25, -0.2) is 0 Å². The maximum absolute atomic E-state index is 13.7. The minimum atomic E-state index is -2.06. The van der Waals surface area contributed by atoms with E-state index in [1.54, 1.807) is 0 Å². The molecule has 0 aromatic heterocycles. The largest absolute Gasteiger partial charge is 0.388 e. The zero-order chi connectivity index (χ0) is 35.6. The average Bonchev–Trinajstić information content (AvgIpc) is 3.06. The van der Waals surface area contributed by atoms with E-state index in [1.165, 1.54) is 121 Å². The molecule has 0 aliphatic carbocycles. The van der Waals surface area contributed by atoms with E-state index in [0.29, 0.717) is 12.8 Å². The van der Waals surface area contributed by atoms with Crippen molar-refractivity contribution in [2.75, 3.05) is 6.54 Å². The SMILES string of the molecule is CCCCCCCCCCCCCCCCCC(=O)N(CCCCCCCCCCCC)[C@]1(N)O[C@H](CC(=O)[C@H](C)N)[C@H](O)[C@H](O)[C@H]1O.